The van der Waals surface area contributed by atoms with Crippen LogP contribution in [0.15, 0.2) is 48.1 Å². The second-order valence-corrected chi connectivity index (χ2v) is 5.19. The quantitative estimate of drug-likeness (QED) is 0.892. The van der Waals surface area contributed by atoms with Crippen LogP contribution in [0.2, 0.25) is 0 Å². The Balaban J connectivity index is 2.50. The van der Waals surface area contributed by atoms with Gasteiger partial charge in [-0.15, -0.1) is 0 Å². The SMILES string of the molecule is CCC1(COC)CC(C(=O)O)=CC=C1c1ccccc1. The molecule has 1 aromatic carbocycles. The number of ether oxygens (including phenoxy) is 1. The Kier molecular flexibility index (Phi) is 4.40. The number of hydrogen-bond donors (Lipinski definition) is 1. The molecule has 1 atom stereocenters. The standard InChI is InChI=1S/C17H20O3/c1-3-17(12-20-2)11-14(16(18)19)9-10-15(17)13-7-5-4-6-8-13/h4-10H,3,11-12H2,1-2H3,(H,18,19). The summed E-state index contributed by atoms with van der Waals surface area (Å²) in [5.41, 5.74) is 2.47. The van der Waals surface area contributed by atoms with Gasteiger partial charge in [-0.1, -0.05) is 49.4 Å². The number of allylic oxidation sites excluding steroid dienone is 2. The largest absolute Gasteiger partial charge is 0.478 e. The van der Waals surface area contributed by atoms with Crippen LogP contribution in [-0.2, 0) is 9.53 Å². The van der Waals surface area contributed by atoms with Gasteiger partial charge >= 0.3 is 5.97 Å². The third-order valence-electron chi connectivity index (χ3n) is 4.01. The molecule has 0 amide bonds. The van der Waals surface area contributed by atoms with E-state index in [9.17, 15) is 9.90 Å². The molecule has 1 aliphatic carbocycles. The van der Waals surface area contributed by atoms with Crippen molar-refractivity contribution >= 4 is 11.5 Å². The van der Waals surface area contributed by atoms with E-state index in [4.69, 9.17) is 4.74 Å². The van der Waals surface area contributed by atoms with Crippen molar-refractivity contribution in [2.24, 2.45) is 5.41 Å². The number of hydrogen-bond acceptors (Lipinski definition) is 2. The highest BCUT2D eigenvalue weighted by atomic mass is 16.5. The van der Waals surface area contributed by atoms with Crippen molar-refractivity contribution in [3.05, 3.63) is 53.6 Å². The van der Waals surface area contributed by atoms with Crippen molar-refractivity contribution in [3.8, 4) is 0 Å². The lowest BCUT2D eigenvalue weighted by Crippen LogP contribution is -2.31. The van der Waals surface area contributed by atoms with Crippen LogP contribution in [0.1, 0.15) is 25.3 Å². The minimum absolute atomic E-state index is 0.265. The van der Waals surface area contributed by atoms with Gasteiger partial charge in [-0.25, -0.2) is 4.79 Å². The average Bonchev–Trinajstić information content (AvgIpc) is 2.48. The van der Waals surface area contributed by atoms with Crippen molar-refractivity contribution in [1.82, 2.24) is 0 Å². The summed E-state index contributed by atoms with van der Waals surface area (Å²) in [4.78, 5) is 11.3. The Bertz CT molecular complexity index is 543. The second-order valence-electron chi connectivity index (χ2n) is 5.19. The Morgan fingerprint density at radius 2 is 2.00 bits per heavy atom. The van der Waals surface area contributed by atoms with Crippen LogP contribution in [0.5, 0.6) is 0 Å². The molecule has 0 heterocycles. The van der Waals surface area contributed by atoms with Gasteiger partial charge in [0.15, 0.2) is 0 Å². The molecule has 1 aliphatic rings. The van der Waals surface area contributed by atoms with Crippen molar-refractivity contribution in [1.29, 1.82) is 0 Å². The number of rotatable bonds is 5. The molecule has 0 aromatic heterocycles. The monoisotopic (exact) mass is 272 g/mol. The summed E-state index contributed by atoms with van der Waals surface area (Å²) >= 11 is 0. The van der Waals surface area contributed by atoms with Crippen molar-refractivity contribution < 1.29 is 14.6 Å². The molecular formula is C17H20O3. The van der Waals surface area contributed by atoms with E-state index >= 15 is 0 Å². The molecule has 0 spiro atoms. The first-order chi connectivity index (χ1) is 9.63. The van der Waals surface area contributed by atoms with E-state index in [1.807, 2.05) is 24.3 Å². The average molecular weight is 272 g/mol. The third kappa shape index (κ3) is 2.68. The molecule has 20 heavy (non-hydrogen) atoms. The van der Waals surface area contributed by atoms with Crippen LogP contribution in [0.25, 0.3) is 5.57 Å². The molecule has 106 valence electrons. The number of methoxy groups -OCH3 is 1. The topological polar surface area (TPSA) is 46.5 Å². The van der Waals surface area contributed by atoms with Crippen LogP contribution in [0, 0.1) is 5.41 Å². The molecule has 0 saturated carbocycles. The molecule has 1 unspecified atom stereocenters. The first-order valence-corrected chi connectivity index (χ1v) is 6.82. The molecule has 0 radical (unpaired) electrons. The van der Waals surface area contributed by atoms with Crippen LogP contribution in [-0.4, -0.2) is 24.8 Å². The molecule has 3 nitrogen and oxygen atoms in total. The highest BCUT2D eigenvalue weighted by Crippen LogP contribution is 2.46. The molecule has 2 rings (SSSR count). The predicted molar refractivity (Wildman–Crippen MR) is 79.4 cm³/mol. The van der Waals surface area contributed by atoms with Crippen molar-refractivity contribution in [3.63, 3.8) is 0 Å². The lowest BCUT2D eigenvalue weighted by atomic mass is 9.68. The summed E-state index contributed by atoms with van der Waals surface area (Å²) in [5.74, 6) is -0.845. The van der Waals surface area contributed by atoms with E-state index in [1.54, 1.807) is 13.2 Å². The van der Waals surface area contributed by atoms with Gasteiger partial charge in [0.1, 0.15) is 0 Å². The molecule has 0 saturated heterocycles. The Labute approximate surface area is 119 Å². The highest BCUT2D eigenvalue weighted by Gasteiger charge is 2.37. The van der Waals surface area contributed by atoms with E-state index in [0.29, 0.717) is 18.6 Å². The van der Waals surface area contributed by atoms with E-state index in [-0.39, 0.29) is 5.41 Å². The lowest BCUT2D eigenvalue weighted by molar-refractivity contribution is -0.133. The predicted octanol–water partition coefficient (Wildman–Crippen LogP) is 3.53. The number of carboxylic acid groups (broad SMARTS) is 1. The molecule has 0 bridgehead atoms. The van der Waals surface area contributed by atoms with Crippen LogP contribution in [0.4, 0.5) is 0 Å². The minimum Gasteiger partial charge on any atom is -0.478 e. The number of carboxylic acids is 1. The van der Waals surface area contributed by atoms with Gasteiger partial charge in [0, 0.05) is 18.1 Å². The normalized spacial score (nSPS) is 22.1. The van der Waals surface area contributed by atoms with Gasteiger partial charge in [0.2, 0.25) is 0 Å². The fourth-order valence-corrected chi connectivity index (χ4v) is 2.87. The van der Waals surface area contributed by atoms with Crippen LogP contribution < -0.4 is 0 Å². The van der Waals surface area contributed by atoms with E-state index < -0.39 is 5.97 Å². The molecular weight excluding hydrogens is 252 g/mol. The Morgan fingerprint density at radius 1 is 1.30 bits per heavy atom. The Hall–Kier alpha value is -1.87. The molecule has 1 N–H and O–H groups in total. The van der Waals surface area contributed by atoms with E-state index in [1.165, 1.54) is 0 Å². The van der Waals surface area contributed by atoms with Crippen LogP contribution >= 0.6 is 0 Å². The maximum Gasteiger partial charge on any atom is 0.331 e. The smallest absolute Gasteiger partial charge is 0.331 e. The van der Waals surface area contributed by atoms with Gasteiger partial charge < -0.3 is 9.84 Å². The van der Waals surface area contributed by atoms with E-state index in [2.05, 4.69) is 19.1 Å². The maximum absolute atomic E-state index is 11.3. The van der Waals surface area contributed by atoms with Gasteiger partial charge in [0.25, 0.3) is 0 Å². The third-order valence-corrected chi connectivity index (χ3v) is 4.01. The number of carbonyl (C=O) groups is 1. The number of benzene rings is 1. The van der Waals surface area contributed by atoms with Crippen molar-refractivity contribution in [2.45, 2.75) is 19.8 Å². The first kappa shape index (κ1) is 14.5. The zero-order valence-corrected chi connectivity index (χ0v) is 11.9. The highest BCUT2D eigenvalue weighted by molar-refractivity contribution is 5.90. The summed E-state index contributed by atoms with van der Waals surface area (Å²) in [7, 11) is 1.67. The fourth-order valence-electron chi connectivity index (χ4n) is 2.87. The zero-order valence-electron chi connectivity index (χ0n) is 11.9. The molecule has 1 aromatic rings. The maximum atomic E-state index is 11.3. The second kappa shape index (κ2) is 6.06. The summed E-state index contributed by atoms with van der Waals surface area (Å²) < 4.78 is 5.39. The molecule has 3 heteroatoms. The van der Waals surface area contributed by atoms with Crippen LogP contribution in [0.3, 0.4) is 0 Å². The van der Waals surface area contributed by atoms with Gasteiger partial charge in [-0.3, -0.25) is 0 Å². The van der Waals surface area contributed by atoms with Crippen molar-refractivity contribution in [2.75, 3.05) is 13.7 Å². The summed E-state index contributed by atoms with van der Waals surface area (Å²) in [5, 5.41) is 9.25. The van der Waals surface area contributed by atoms with E-state index in [0.717, 1.165) is 17.6 Å². The van der Waals surface area contributed by atoms with Gasteiger partial charge in [-0.05, 0) is 24.0 Å². The van der Waals surface area contributed by atoms with Gasteiger partial charge in [-0.2, -0.15) is 0 Å². The summed E-state index contributed by atoms with van der Waals surface area (Å²) in [6.45, 7) is 2.61. The zero-order chi connectivity index (χ0) is 14.6. The molecule has 0 aliphatic heterocycles. The summed E-state index contributed by atoms with van der Waals surface area (Å²) in [6, 6.07) is 10.1. The molecule has 0 fully saturated rings. The summed E-state index contributed by atoms with van der Waals surface area (Å²) in [6.07, 6.45) is 5.00. The first-order valence-electron chi connectivity index (χ1n) is 6.82. The number of aliphatic carboxylic acids is 1. The van der Waals surface area contributed by atoms with Gasteiger partial charge in [0.05, 0.1) is 6.61 Å². The minimum atomic E-state index is -0.845. The fraction of sp³-hybridized carbons (Fsp3) is 0.353. The Morgan fingerprint density at radius 3 is 2.55 bits per heavy atom. The lowest BCUT2D eigenvalue weighted by Gasteiger charge is -2.37.